The summed E-state index contributed by atoms with van der Waals surface area (Å²) in [7, 11) is 0. The van der Waals surface area contributed by atoms with Crippen LogP contribution in [0, 0.1) is 0 Å². The zero-order valence-corrected chi connectivity index (χ0v) is 13.8. The van der Waals surface area contributed by atoms with Gasteiger partial charge in [0.05, 0.1) is 17.6 Å². The van der Waals surface area contributed by atoms with Crippen LogP contribution in [-0.4, -0.2) is 43.4 Å². The number of hydrogen-bond donors (Lipinski definition) is 2. The number of pyridine rings is 2. The van der Waals surface area contributed by atoms with Gasteiger partial charge in [0.1, 0.15) is 5.82 Å². The molecule has 0 saturated carbocycles. The maximum absolute atomic E-state index is 12.5. The number of aromatic nitrogens is 3. The summed E-state index contributed by atoms with van der Waals surface area (Å²) in [4.78, 5) is 23.3. The normalized spacial score (nSPS) is 16.4. The van der Waals surface area contributed by atoms with Gasteiger partial charge in [-0.25, -0.2) is 9.97 Å². The van der Waals surface area contributed by atoms with Crippen LogP contribution in [0.3, 0.4) is 0 Å². The van der Waals surface area contributed by atoms with Crippen molar-refractivity contribution >= 4 is 28.2 Å². The van der Waals surface area contributed by atoms with Crippen molar-refractivity contribution in [2.75, 3.05) is 18.0 Å². The Morgan fingerprint density at radius 3 is 2.79 bits per heavy atom. The third-order valence-electron chi connectivity index (χ3n) is 4.09. The standard InChI is InChI=1S/C16H16N4O3S/c1-16(23)8-19(9-16)12-3-2-11-13(22)10(7-21)6-20(14(11)18-12)15-17-4-5-24-15/h2-6,21,23H,7-9H2,1H3. The minimum absolute atomic E-state index is 0.227. The predicted octanol–water partition coefficient (Wildman–Crippen LogP) is 0.906. The van der Waals surface area contributed by atoms with E-state index in [0.29, 0.717) is 40.6 Å². The molecule has 1 fully saturated rings. The summed E-state index contributed by atoms with van der Waals surface area (Å²) >= 11 is 1.42. The number of rotatable bonds is 3. The first-order chi connectivity index (χ1) is 11.5. The number of thiazole rings is 1. The summed E-state index contributed by atoms with van der Waals surface area (Å²) in [5.74, 6) is 0.704. The van der Waals surface area contributed by atoms with E-state index >= 15 is 0 Å². The summed E-state index contributed by atoms with van der Waals surface area (Å²) in [5.41, 5.74) is -0.128. The minimum atomic E-state index is -0.702. The Kier molecular flexibility index (Phi) is 3.41. The molecule has 8 heteroatoms. The summed E-state index contributed by atoms with van der Waals surface area (Å²) in [5, 5.41) is 22.3. The summed E-state index contributed by atoms with van der Waals surface area (Å²) < 4.78 is 1.73. The molecule has 4 heterocycles. The molecule has 0 atom stereocenters. The monoisotopic (exact) mass is 344 g/mol. The van der Waals surface area contributed by atoms with Crippen LogP contribution < -0.4 is 10.3 Å². The molecule has 4 rings (SSSR count). The van der Waals surface area contributed by atoms with Gasteiger partial charge in [0.15, 0.2) is 16.2 Å². The number of aliphatic hydroxyl groups is 2. The number of hydrogen-bond acceptors (Lipinski definition) is 7. The molecule has 0 aliphatic carbocycles. The molecule has 1 saturated heterocycles. The van der Waals surface area contributed by atoms with Gasteiger partial charge in [0.25, 0.3) is 0 Å². The number of anilines is 1. The highest BCUT2D eigenvalue weighted by atomic mass is 32.1. The lowest BCUT2D eigenvalue weighted by atomic mass is 9.97. The summed E-state index contributed by atoms with van der Waals surface area (Å²) in [6, 6.07) is 3.49. The Morgan fingerprint density at radius 1 is 1.38 bits per heavy atom. The number of aliphatic hydroxyl groups excluding tert-OH is 1. The molecular weight excluding hydrogens is 328 g/mol. The van der Waals surface area contributed by atoms with Gasteiger partial charge in [0, 0.05) is 36.4 Å². The van der Waals surface area contributed by atoms with E-state index in [0.717, 1.165) is 0 Å². The first-order valence-corrected chi connectivity index (χ1v) is 8.40. The molecule has 0 spiro atoms. The number of fused-ring (bicyclic) bond motifs is 1. The summed E-state index contributed by atoms with van der Waals surface area (Å²) in [6.45, 7) is 2.45. The van der Waals surface area contributed by atoms with Crippen LogP contribution in [0.5, 0.6) is 0 Å². The Labute approximate surface area is 141 Å². The third kappa shape index (κ3) is 2.39. The van der Waals surface area contributed by atoms with Crippen molar-refractivity contribution in [2.45, 2.75) is 19.1 Å². The van der Waals surface area contributed by atoms with Gasteiger partial charge < -0.3 is 15.1 Å². The molecule has 3 aromatic rings. The van der Waals surface area contributed by atoms with E-state index in [1.165, 1.54) is 11.3 Å². The Balaban J connectivity index is 1.91. The second-order valence-electron chi connectivity index (χ2n) is 6.22. The van der Waals surface area contributed by atoms with Crippen molar-refractivity contribution < 1.29 is 10.2 Å². The average Bonchev–Trinajstić information content (AvgIpc) is 3.07. The molecule has 3 aromatic heterocycles. The highest BCUT2D eigenvalue weighted by molar-refractivity contribution is 7.12. The molecule has 1 aliphatic heterocycles. The lowest BCUT2D eigenvalue weighted by Crippen LogP contribution is -2.60. The molecule has 0 aromatic carbocycles. The van der Waals surface area contributed by atoms with Gasteiger partial charge in [-0.15, -0.1) is 11.3 Å². The van der Waals surface area contributed by atoms with E-state index in [1.807, 2.05) is 10.3 Å². The average molecular weight is 344 g/mol. The number of β-amino-alcohol motifs (C(OH)–C–C–N with tert-alkyl or cyclic N) is 1. The van der Waals surface area contributed by atoms with E-state index in [1.54, 1.807) is 36.0 Å². The van der Waals surface area contributed by atoms with E-state index < -0.39 is 5.60 Å². The van der Waals surface area contributed by atoms with Crippen molar-refractivity contribution in [3.05, 3.63) is 45.7 Å². The topological polar surface area (TPSA) is 91.5 Å². The van der Waals surface area contributed by atoms with Crippen molar-refractivity contribution in [2.24, 2.45) is 0 Å². The molecule has 0 unspecified atom stereocenters. The zero-order valence-electron chi connectivity index (χ0n) is 13.0. The van der Waals surface area contributed by atoms with Crippen LogP contribution in [-0.2, 0) is 6.61 Å². The van der Waals surface area contributed by atoms with E-state index in [-0.39, 0.29) is 12.0 Å². The third-order valence-corrected chi connectivity index (χ3v) is 4.86. The maximum atomic E-state index is 12.5. The second-order valence-corrected chi connectivity index (χ2v) is 7.09. The van der Waals surface area contributed by atoms with Gasteiger partial charge in [-0.2, -0.15) is 0 Å². The van der Waals surface area contributed by atoms with Gasteiger partial charge >= 0.3 is 0 Å². The predicted molar refractivity (Wildman–Crippen MR) is 91.8 cm³/mol. The molecular formula is C16H16N4O3S. The van der Waals surface area contributed by atoms with Gasteiger partial charge in [-0.1, -0.05) is 0 Å². The zero-order chi connectivity index (χ0) is 16.9. The van der Waals surface area contributed by atoms with Crippen molar-refractivity contribution in [3.8, 4) is 5.13 Å². The fourth-order valence-corrected chi connectivity index (χ4v) is 3.57. The van der Waals surface area contributed by atoms with Crippen molar-refractivity contribution in [1.29, 1.82) is 0 Å². The molecule has 24 heavy (non-hydrogen) atoms. The largest absolute Gasteiger partial charge is 0.391 e. The van der Waals surface area contributed by atoms with Crippen LogP contribution in [0.25, 0.3) is 16.2 Å². The van der Waals surface area contributed by atoms with Crippen molar-refractivity contribution in [1.82, 2.24) is 14.5 Å². The van der Waals surface area contributed by atoms with Crippen LogP contribution in [0.1, 0.15) is 12.5 Å². The molecule has 2 N–H and O–H groups in total. The second kappa shape index (κ2) is 5.37. The van der Waals surface area contributed by atoms with Crippen LogP contribution in [0.15, 0.2) is 34.7 Å². The molecule has 0 radical (unpaired) electrons. The van der Waals surface area contributed by atoms with E-state index in [4.69, 9.17) is 0 Å². The van der Waals surface area contributed by atoms with Gasteiger partial charge in [-0.05, 0) is 19.1 Å². The quantitative estimate of drug-likeness (QED) is 0.734. The summed E-state index contributed by atoms with van der Waals surface area (Å²) in [6.07, 6.45) is 3.27. The van der Waals surface area contributed by atoms with E-state index in [9.17, 15) is 15.0 Å². The fraction of sp³-hybridized carbons (Fsp3) is 0.312. The minimum Gasteiger partial charge on any atom is -0.391 e. The van der Waals surface area contributed by atoms with Crippen LogP contribution in [0.2, 0.25) is 0 Å². The first-order valence-electron chi connectivity index (χ1n) is 7.52. The Morgan fingerprint density at radius 2 is 2.17 bits per heavy atom. The fourth-order valence-electron chi connectivity index (χ4n) is 2.96. The van der Waals surface area contributed by atoms with E-state index in [2.05, 4.69) is 9.97 Å². The lowest BCUT2D eigenvalue weighted by molar-refractivity contribution is 0.0305. The first kappa shape index (κ1) is 15.3. The molecule has 0 bridgehead atoms. The molecule has 124 valence electrons. The Hall–Kier alpha value is -2.29. The Bertz CT molecular complexity index is 957. The maximum Gasteiger partial charge on any atom is 0.196 e. The molecule has 0 amide bonds. The lowest BCUT2D eigenvalue weighted by Gasteiger charge is -2.44. The molecule has 7 nitrogen and oxygen atoms in total. The SMILES string of the molecule is CC1(O)CN(c2ccc3c(=O)c(CO)cn(-c4nccs4)c3n2)C1. The smallest absolute Gasteiger partial charge is 0.196 e. The van der Waals surface area contributed by atoms with Crippen molar-refractivity contribution in [3.63, 3.8) is 0 Å². The highest BCUT2D eigenvalue weighted by Gasteiger charge is 2.37. The molecule has 1 aliphatic rings. The van der Waals surface area contributed by atoms with Gasteiger partial charge in [-0.3, -0.25) is 9.36 Å². The highest BCUT2D eigenvalue weighted by Crippen LogP contribution is 2.27. The number of nitrogens with zero attached hydrogens (tertiary/aromatic N) is 4. The van der Waals surface area contributed by atoms with Crippen LogP contribution in [0.4, 0.5) is 5.82 Å². The van der Waals surface area contributed by atoms with Gasteiger partial charge in [0.2, 0.25) is 0 Å². The van der Waals surface area contributed by atoms with Crippen LogP contribution >= 0.6 is 11.3 Å².